The number of rotatable bonds is 9. The average molecular weight is 500 g/mol. The van der Waals surface area contributed by atoms with Crippen LogP contribution in [0.4, 0.5) is 4.79 Å². The molecule has 2 aliphatic rings. The molecule has 0 aromatic rings. The highest BCUT2D eigenvalue weighted by Gasteiger charge is 2.41. The molecule has 3 N–H and O–H groups in total. The number of amides is 2. The van der Waals surface area contributed by atoms with Gasteiger partial charge in [0, 0.05) is 11.9 Å². The summed E-state index contributed by atoms with van der Waals surface area (Å²) in [7, 11) is 0. The number of carbonyl (C=O) groups is 3. The Balaban J connectivity index is 0.000000342. The fraction of sp³-hybridized carbons (Fsp3) is 0.708. The Bertz CT molecular complexity index is 709. The number of aliphatic hydroxyl groups excluding tert-OH is 2. The van der Waals surface area contributed by atoms with Crippen molar-refractivity contribution in [1.29, 1.82) is 0 Å². The van der Waals surface area contributed by atoms with Gasteiger partial charge in [-0.3, -0.25) is 4.79 Å². The number of nitroso groups, excluding NO2 is 1. The van der Waals surface area contributed by atoms with Gasteiger partial charge in [-0.1, -0.05) is 44.6 Å². The van der Waals surface area contributed by atoms with Crippen molar-refractivity contribution in [2.24, 2.45) is 23.0 Å². The van der Waals surface area contributed by atoms with Crippen LogP contribution in [0.2, 0.25) is 0 Å². The molecule has 4 atom stereocenters. The maximum absolute atomic E-state index is 11.6. The van der Waals surface area contributed by atoms with Gasteiger partial charge in [0.15, 0.2) is 5.78 Å². The van der Waals surface area contributed by atoms with Crippen LogP contribution in [0.3, 0.4) is 0 Å². The Morgan fingerprint density at radius 3 is 2.47 bits per heavy atom. The summed E-state index contributed by atoms with van der Waals surface area (Å²) >= 11 is 5.46. The van der Waals surface area contributed by atoms with E-state index in [0.717, 1.165) is 49.5 Å². The zero-order chi connectivity index (χ0) is 25.5. The summed E-state index contributed by atoms with van der Waals surface area (Å²) in [4.78, 5) is 44.5. The summed E-state index contributed by atoms with van der Waals surface area (Å²) < 4.78 is 0. The number of aldehydes is 1. The number of hydrogen-bond acceptors (Lipinski definition) is 7. The lowest BCUT2D eigenvalue weighted by Crippen LogP contribution is -2.47. The minimum absolute atomic E-state index is 0.153. The number of hydrogen-bond donors (Lipinski definition) is 3. The Morgan fingerprint density at radius 1 is 1.24 bits per heavy atom. The molecular formula is C24H38ClN3O6. The molecule has 0 aliphatic heterocycles. The average Bonchev–Trinajstić information content (AvgIpc) is 2.83. The van der Waals surface area contributed by atoms with Gasteiger partial charge in [0.25, 0.3) is 0 Å². The van der Waals surface area contributed by atoms with Crippen molar-refractivity contribution in [3.63, 3.8) is 0 Å². The molecule has 192 valence electrons. The quantitative estimate of drug-likeness (QED) is 0.111. The van der Waals surface area contributed by atoms with E-state index in [1.807, 2.05) is 12.2 Å². The molecular weight excluding hydrogens is 462 g/mol. The normalized spacial score (nSPS) is 29.4. The van der Waals surface area contributed by atoms with Crippen LogP contribution in [-0.2, 0) is 9.59 Å². The third-order valence-electron chi connectivity index (χ3n) is 6.14. The molecule has 10 heteroatoms. The summed E-state index contributed by atoms with van der Waals surface area (Å²) in [5, 5.41) is 25.2. The summed E-state index contributed by atoms with van der Waals surface area (Å²) in [6.45, 7) is 4.44. The van der Waals surface area contributed by atoms with E-state index in [4.69, 9.17) is 11.6 Å². The summed E-state index contributed by atoms with van der Waals surface area (Å²) in [6, 6.07) is -0.265. The van der Waals surface area contributed by atoms with Crippen LogP contribution in [0.25, 0.3) is 0 Å². The lowest BCUT2D eigenvalue weighted by molar-refractivity contribution is -0.146. The van der Waals surface area contributed by atoms with Gasteiger partial charge in [0.1, 0.15) is 12.4 Å². The maximum atomic E-state index is 11.6. The van der Waals surface area contributed by atoms with E-state index < -0.39 is 29.9 Å². The summed E-state index contributed by atoms with van der Waals surface area (Å²) in [6.07, 6.45) is 11.9. The van der Waals surface area contributed by atoms with Gasteiger partial charge in [0.05, 0.1) is 23.9 Å². The molecule has 2 saturated carbocycles. The maximum Gasteiger partial charge on any atom is 0.340 e. The first kappa shape index (κ1) is 29.9. The van der Waals surface area contributed by atoms with Gasteiger partial charge in [-0.15, -0.1) is 16.5 Å². The molecule has 0 aromatic carbocycles. The monoisotopic (exact) mass is 499 g/mol. The Labute approximate surface area is 206 Å². The molecule has 9 nitrogen and oxygen atoms in total. The van der Waals surface area contributed by atoms with Crippen LogP contribution in [0.1, 0.15) is 58.8 Å². The predicted molar refractivity (Wildman–Crippen MR) is 131 cm³/mol. The highest BCUT2D eigenvalue weighted by Crippen LogP contribution is 2.28. The van der Waals surface area contributed by atoms with Crippen molar-refractivity contribution in [3.8, 4) is 0 Å². The van der Waals surface area contributed by atoms with Gasteiger partial charge in [0.2, 0.25) is 0 Å². The van der Waals surface area contributed by atoms with Crippen molar-refractivity contribution >= 4 is 29.7 Å². The van der Waals surface area contributed by atoms with Gasteiger partial charge in [-0.05, 0) is 50.4 Å². The molecule has 0 saturated heterocycles. The third kappa shape index (κ3) is 10.0. The zero-order valence-electron chi connectivity index (χ0n) is 20.0. The first-order chi connectivity index (χ1) is 16.3. The molecule has 34 heavy (non-hydrogen) atoms. The number of halogens is 1. The number of nitrogens with zero attached hydrogens (tertiary/aromatic N) is 2. The van der Waals surface area contributed by atoms with E-state index >= 15 is 0 Å². The number of alkyl halides is 1. The molecule has 4 unspecified atom stereocenters. The number of unbranched alkanes of at least 4 members (excludes halogenated alkanes) is 1. The summed E-state index contributed by atoms with van der Waals surface area (Å²) in [5.41, 5.74) is 0. The molecule has 2 amide bonds. The third-order valence-corrected chi connectivity index (χ3v) is 6.31. The lowest BCUT2D eigenvalue weighted by atomic mass is 9.76. The van der Waals surface area contributed by atoms with Crippen LogP contribution in [0, 0.1) is 22.7 Å². The Morgan fingerprint density at radius 2 is 1.91 bits per heavy atom. The minimum Gasteiger partial charge on any atom is -0.390 e. The van der Waals surface area contributed by atoms with Crippen molar-refractivity contribution in [2.75, 3.05) is 12.4 Å². The number of allylic oxidation sites excluding steroid dienone is 4. The minimum atomic E-state index is -1.43. The number of urea groups is 1. The number of aliphatic hydroxyl groups is 2. The second-order valence-corrected chi connectivity index (χ2v) is 9.26. The van der Waals surface area contributed by atoms with Crippen LogP contribution in [0.5, 0.6) is 0 Å². The van der Waals surface area contributed by atoms with E-state index in [1.54, 1.807) is 12.2 Å². The molecule has 2 fully saturated rings. The second kappa shape index (κ2) is 16.5. The molecule has 0 spiro atoms. The molecule has 0 heterocycles. The van der Waals surface area contributed by atoms with Gasteiger partial charge in [-0.25, -0.2) is 4.79 Å². The fourth-order valence-electron chi connectivity index (χ4n) is 3.98. The van der Waals surface area contributed by atoms with Crippen molar-refractivity contribution in [1.82, 2.24) is 10.3 Å². The van der Waals surface area contributed by atoms with E-state index in [-0.39, 0.29) is 30.8 Å². The van der Waals surface area contributed by atoms with Crippen LogP contribution in [-0.4, -0.2) is 64.0 Å². The van der Waals surface area contributed by atoms with Gasteiger partial charge in [-0.2, -0.15) is 5.01 Å². The number of Topliss-reactive ketones (excluding diaryl/α,β-unsaturated/α-hetero) is 1. The largest absolute Gasteiger partial charge is 0.390 e. The number of nitrogens with one attached hydrogen (secondary N) is 1. The molecule has 2 rings (SSSR count). The zero-order valence-corrected chi connectivity index (χ0v) is 20.8. The topological polar surface area (TPSA) is 136 Å². The highest BCUT2D eigenvalue weighted by atomic mass is 35.5. The van der Waals surface area contributed by atoms with Gasteiger partial charge >= 0.3 is 6.03 Å². The Hall–Kier alpha value is -2.10. The first-order valence-electron chi connectivity index (χ1n) is 11.9. The second-order valence-electron chi connectivity index (χ2n) is 8.88. The van der Waals surface area contributed by atoms with Crippen LogP contribution in [0.15, 0.2) is 29.6 Å². The standard InChI is InChI=1S/C14H20O4.C10H18ClN3O2/c1-2-3-4-5-6-7-10-8-12(16)14(18)13(17)11(10)9-15;1-8-2-4-9(5-3-8)12-10(15)14(13-16)7-6-11/h4-7,9-12,14,16,18H,2-3,8H2,1H3;8-9H,2-7H2,1H3,(H,12,15). The van der Waals surface area contributed by atoms with Gasteiger partial charge < -0.3 is 20.3 Å². The van der Waals surface area contributed by atoms with E-state index in [2.05, 4.69) is 24.5 Å². The predicted octanol–water partition coefficient (Wildman–Crippen LogP) is 3.52. The molecule has 0 radical (unpaired) electrons. The molecule has 0 aromatic heterocycles. The summed E-state index contributed by atoms with van der Waals surface area (Å²) in [5.74, 6) is -0.827. The van der Waals surface area contributed by atoms with E-state index in [9.17, 15) is 29.5 Å². The smallest absolute Gasteiger partial charge is 0.340 e. The van der Waals surface area contributed by atoms with E-state index in [0.29, 0.717) is 6.29 Å². The number of carbonyl (C=O) groups excluding carboxylic acids is 3. The molecule has 2 aliphatic carbocycles. The Kier molecular flexibility index (Phi) is 14.5. The van der Waals surface area contributed by atoms with Crippen LogP contribution < -0.4 is 5.32 Å². The lowest BCUT2D eigenvalue weighted by Gasteiger charge is -2.31. The first-order valence-corrected chi connectivity index (χ1v) is 12.5. The van der Waals surface area contributed by atoms with Crippen molar-refractivity contribution < 1.29 is 24.6 Å². The number of ketones is 1. The van der Waals surface area contributed by atoms with Crippen LogP contribution >= 0.6 is 11.6 Å². The van der Waals surface area contributed by atoms with Crippen molar-refractivity contribution in [2.45, 2.75) is 77.0 Å². The van der Waals surface area contributed by atoms with E-state index in [1.165, 1.54) is 0 Å². The fourth-order valence-corrected chi connectivity index (χ4v) is 4.14. The van der Waals surface area contributed by atoms with Crippen molar-refractivity contribution in [3.05, 3.63) is 29.2 Å². The molecule has 0 bridgehead atoms. The highest BCUT2D eigenvalue weighted by molar-refractivity contribution is 6.18. The SMILES string of the molecule is CC1CCC(NC(=O)N(CCCl)N=O)CC1.CCCC=CC=CC1CC(O)C(O)C(=O)C1C=O.